The molecule has 128 valence electrons. The van der Waals surface area contributed by atoms with Crippen LogP contribution >= 0.6 is 0 Å². The standard InChI is InChI=1S/C13H15F4N3O3/c1-11(8-5-7(20(21)22)3-4-9(8)14)6-23-12(2,10(18)19-11)13(15,16)17/h3-5,10,19H,6,18H2,1-2H3/t10?,11-,12+/m0/s1. The number of morpholine rings is 1. The lowest BCUT2D eigenvalue weighted by Gasteiger charge is -2.48. The number of ether oxygens (including phenoxy) is 1. The molecule has 1 fully saturated rings. The molecule has 1 aromatic carbocycles. The summed E-state index contributed by atoms with van der Waals surface area (Å²) in [5.74, 6) is -0.808. The van der Waals surface area contributed by atoms with Crippen LogP contribution in [0.2, 0.25) is 0 Å². The van der Waals surface area contributed by atoms with Crippen molar-refractivity contribution in [2.24, 2.45) is 5.73 Å². The Hall–Kier alpha value is -1.78. The summed E-state index contributed by atoms with van der Waals surface area (Å²) in [6.07, 6.45) is -6.41. The molecule has 0 amide bonds. The summed E-state index contributed by atoms with van der Waals surface area (Å²) in [5.41, 5.74) is 0.879. The average molecular weight is 337 g/mol. The van der Waals surface area contributed by atoms with Crippen molar-refractivity contribution in [2.45, 2.75) is 37.3 Å². The van der Waals surface area contributed by atoms with E-state index in [1.165, 1.54) is 6.92 Å². The molecule has 0 radical (unpaired) electrons. The zero-order valence-corrected chi connectivity index (χ0v) is 12.3. The minimum atomic E-state index is -4.73. The molecule has 3 atom stereocenters. The molecule has 1 unspecified atom stereocenters. The topological polar surface area (TPSA) is 90.4 Å². The zero-order valence-electron chi connectivity index (χ0n) is 12.3. The first-order chi connectivity index (χ1) is 10.4. The molecular weight excluding hydrogens is 322 g/mol. The molecular formula is C13H15F4N3O3. The fourth-order valence-electron chi connectivity index (χ4n) is 2.37. The smallest absolute Gasteiger partial charge is 0.361 e. The van der Waals surface area contributed by atoms with Crippen LogP contribution in [0.5, 0.6) is 0 Å². The van der Waals surface area contributed by atoms with Crippen LogP contribution in [0.3, 0.4) is 0 Å². The fraction of sp³-hybridized carbons (Fsp3) is 0.538. The van der Waals surface area contributed by atoms with Gasteiger partial charge in [0.1, 0.15) is 5.82 Å². The quantitative estimate of drug-likeness (QED) is 0.490. The lowest BCUT2D eigenvalue weighted by Crippen LogP contribution is -2.72. The van der Waals surface area contributed by atoms with E-state index in [1.54, 1.807) is 0 Å². The molecule has 0 aliphatic carbocycles. The molecule has 3 N–H and O–H groups in total. The van der Waals surface area contributed by atoms with Gasteiger partial charge in [-0.25, -0.2) is 4.39 Å². The van der Waals surface area contributed by atoms with Crippen molar-refractivity contribution in [1.29, 1.82) is 0 Å². The molecule has 1 aliphatic heterocycles. The summed E-state index contributed by atoms with van der Waals surface area (Å²) in [4.78, 5) is 10.1. The van der Waals surface area contributed by atoms with Gasteiger partial charge in [-0.1, -0.05) is 0 Å². The van der Waals surface area contributed by atoms with Gasteiger partial charge in [-0.15, -0.1) is 0 Å². The third-order valence-corrected chi connectivity index (χ3v) is 4.05. The van der Waals surface area contributed by atoms with Crippen LogP contribution in [-0.2, 0) is 10.3 Å². The number of non-ortho nitro benzene ring substituents is 1. The van der Waals surface area contributed by atoms with Gasteiger partial charge in [0.25, 0.3) is 5.69 Å². The Balaban J connectivity index is 2.39. The number of rotatable bonds is 2. The van der Waals surface area contributed by atoms with E-state index in [1.807, 2.05) is 0 Å². The van der Waals surface area contributed by atoms with Gasteiger partial charge in [0.2, 0.25) is 0 Å². The molecule has 0 saturated carbocycles. The third-order valence-electron chi connectivity index (χ3n) is 4.05. The zero-order chi connectivity index (χ0) is 17.6. The van der Waals surface area contributed by atoms with Gasteiger partial charge in [0.15, 0.2) is 5.60 Å². The number of nitrogens with two attached hydrogens (primary N) is 1. The highest BCUT2D eigenvalue weighted by atomic mass is 19.4. The second-order valence-corrected chi connectivity index (χ2v) is 5.77. The van der Waals surface area contributed by atoms with E-state index in [9.17, 15) is 27.7 Å². The summed E-state index contributed by atoms with van der Waals surface area (Å²) in [6.45, 7) is 1.59. The summed E-state index contributed by atoms with van der Waals surface area (Å²) < 4.78 is 58.2. The van der Waals surface area contributed by atoms with Crippen LogP contribution in [0.1, 0.15) is 19.4 Å². The summed E-state index contributed by atoms with van der Waals surface area (Å²) in [6, 6.07) is 2.80. The second-order valence-electron chi connectivity index (χ2n) is 5.77. The molecule has 23 heavy (non-hydrogen) atoms. The van der Waals surface area contributed by atoms with Crippen LogP contribution in [0, 0.1) is 15.9 Å². The van der Waals surface area contributed by atoms with E-state index in [0.717, 1.165) is 25.1 Å². The number of nitro groups is 1. The molecule has 2 rings (SSSR count). The average Bonchev–Trinajstić information content (AvgIpc) is 2.42. The van der Waals surface area contributed by atoms with E-state index in [-0.39, 0.29) is 11.3 Å². The Bertz CT molecular complexity index is 639. The van der Waals surface area contributed by atoms with Gasteiger partial charge in [0, 0.05) is 17.7 Å². The Morgan fingerprint density at radius 2 is 2.04 bits per heavy atom. The number of hydrogen-bond acceptors (Lipinski definition) is 5. The molecule has 0 bridgehead atoms. The summed E-state index contributed by atoms with van der Waals surface area (Å²) in [7, 11) is 0. The summed E-state index contributed by atoms with van der Waals surface area (Å²) >= 11 is 0. The highest BCUT2D eigenvalue weighted by Gasteiger charge is 2.60. The Kier molecular flexibility index (Phi) is 4.12. The van der Waals surface area contributed by atoms with Crippen molar-refractivity contribution in [1.82, 2.24) is 5.32 Å². The van der Waals surface area contributed by atoms with E-state index in [2.05, 4.69) is 5.32 Å². The maximum Gasteiger partial charge on any atom is 0.420 e. The molecule has 0 spiro atoms. The first-order valence-electron chi connectivity index (χ1n) is 6.59. The van der Waals surface area contributed by atoms with Gasteiger partial charge in [-0.05, 0) is 19.9 Å². The molecule has 1 saturated heterocycles. The summed E-state index contributed by atoms with van der Waals surface area (Å²) in [5, 5.41) is 13.3. The molecule has 1 aromatic rings. The number of alkyl halides is 3. The first-order valence-corrected chi connectivity index (χ1v) is 6.59. The number of nitrogens with zero attached hydrogens (tertiary/aromatic N) is 1. The highest BCUT2D eigenvalue weighted by molar-refractivity contribution is 5.39. The molecule has 1 aliphatic rings. The predicted octanol–water partition coefficient (Wildman–Crippen LogP) is 2.17. The van der Waals surface area contributed by atoms with Crippen LogP contribution in [0.25, 0.3) is 0 Å². The number of hydrogen-bond donors (Lipinski definition) is 2. The Labute approximate surface area is 128 Å². The molecule has 6 nitrogen and oxygen atoms in total. The van der Waals surface area contributed by atoms with Crippen molar-refractivity contribution >= 4 is 5.69 Å². The normalized spacial score (nSPS) is 31.9. The van der Waals surface area contributed by atoms with E-state index < -0.39 is 40.8 Å². The maximum atomic E-state index is 14.0. The lowest BCUT2D eigenvalue weighted by atomic mass is 9.86. The minimum Gasteiger partial charge on any atom is -0.361 e. The fourth-order valence-corrected chi connectivity index (χ4v) is 2.37. The largest absolute Gasteiger partial charge is 0.420 e. The maximum absolute atomic E-state index is 14.0. The number of nitrogens with one attached hydrogen (secondary N) is 1. The van der Waals surface area contributed by atoms with Crippen molar-refractivity contribution in [3.63, 3.8) is 0 Å². The van der Waals surface area contributed by atoms with Gasteiger partial charge < -0.3 is 10.5 Å². The lowest BCUT2D eigenvalue weighted by molar-refractivity contribution is -0.385. The monoisotopic (exact) mass is 337 g/mol. The number of halogens is 4. The van der Waals surface area contributed by atoms with Gasteiger partial charge in [-0.2, -0.15) is 13.2 Å². The SMILES string of the molecule is C[C@@]1(c2cc([N+](=O)[O-])ccc2F)CO[C@@](C)(C(F)(F)F)C(N)N1. The van der Waals surface area contributed by atoms with Crippen molar-refractivity contribution in [3.05, 3.63) is 39.7 Å². The van der Waals surface area contributed by atoms with Gasteiger partial charge >= 0.3 is 6.18 Å². The highest BCUT2D eigenvalue weighted by Crippen LogP contribution is 2.41. The predicted molar refractivity (Wildman–Crippen MR) is 71.9 cm³/mol. The first kappa shape index (κ1) is 17.6. The molecule has 1 heterocycles. The van der Waals surface area contributed by atoms with Gasteiger partial charge in [0.05, 0.1) is 23.2 Å². The van der Waals surface area contributed by atoms with Crippen molar-refractivity contribution in [3.8, 4) is 0 Å². The van der Waals surface area contributed by atoms with Gasteiger partial charge in [-0.3, -0.25) is 15.4 Å². The minimum absolute atomic E-state index is 0.189. The third kappa shape index (κ3) is 2.89. The van der Waals surface area contributed by atoms with Crippen LogP contribution < -0.4 is 11.1 Å². The van der Waals surface area contributed by atoms with Crippen molar-refractivity contribution in [2.75, 3.05) is 6.61 Å². The van der Waals surface area contributed by atoms with E-state index in [0.29, 0.717) is 0 Å². The van der Waals surface area contributed by atoms with Crippen LogP contribution in [0.4, 0.5) is 23.2 Å². The molecule has 10 heteroatoms. The number of nitro benzene ring substituents is 1. The molecule has 0 aromatic heterocycles. The van der Waals surface area contributed by atoms with Crippen LogP contribution in [0.15, 0.2) is 18.2 Å². The van der Waals surface area contributed by atoms with Crippen LogP contribution in [-0.4, -0.2) is 29.5 Å². The Morgan fingerprint density at radius 1 is 1.43 bits per heavy atom. The van der Waals surface area contributed by atoms with E-state index >= 15 is 0 Å². The Morgan fingerprint density at radius 3 is 2.52 bits per heavy atom. The van der Waals surface area contributed by atoms with Crippen molar-refractivity contribution < 1.29 is 27.2 Å². The second kappa shape index (κ2) is 5.39. The number of benzene rings is 1. The van der Waals surface area contributed by atoms with E-state index in [4.69, 9.17) is 10.5 Å².